The smallest absolute Gasteiger partial charge is 0.0965 e. The normalized spacial score (nSPS) is 14.2. The molecule has 238 valence electrons. The predicted octanol–water partition coefficient (Wildman–Crippen LogP) is 13.3. The number of hydrogen-bond acceptors (Lipinski definition) is 2. The zero-order chi connectivity index (χ0) is 29.8. The van der Waals surface area contributed by atoms with Crippen LogP contribution >= 0.6 is 0 Å². The topological polar surface area (TPSA) is 24.7 Å². The minimum atomic E-state index is 0.497. The third kappa shape index (κ3) is 18.9. The Bertz CT molecular complexity index is 742. The molecule has 1 heterocycles. The van der Waals surface area contributed by atoms with Crippen molar-refractivity contribution in [2.75, 3.05) is 0 Å². The number of nitrogens with zero attached hydrogens (tertiary/aromatic N) is 2. The summed E-state index contributed by atoms with van der Waals surface area (Å²) < 4.78 is 0. The van der Waals surface area contributed by atoms with E-state index in [4.69, 9.17) is 9.98 Å². The quantitative estimate of drug-likeness (QED) is 0.0641. The van der Waals surface area contributed by atoms with E-state index >= 15 is 0 Å². The van der Waals surface area contributed by atoms with Gasteiger partial charge >= 0.3 is 0 Å². The van der Waals surface area contributed by atoms with E-state index in [9.17, 15) is 0 Å². The van der Waals surface area contributed by atoms with E-state index in [1.54, 1.807) is 0 Å². The van der Waals surface area contributed by atoms with Gasteiger partial charge in [0.25, 0.3) is 0 Å². The molecule has 0 fully saturated rings. The molecule has 1 aliphatic heterocycles. The Morgan fingerprint density at radius 2 is 0.857 bits per heavy atom. The summed E-state index contributed by atoms with van der Waals surface area (Å²) in [5.74, 6) is 1.14. The third-order valence-electron chi connectivity index (χ3n) is 9.52. The van der Waals surface area contributed by atoms with Gasteiger partial charge in [0.2, 0.25) is 6.17 Å². The van der Waals surface area contributed by atoms with E-state index in [2.05, 4.69) is 44.2 Å². The zero-order valence-corrected chi connectivity index (χ0v) is 28.2. The van der Waals surface area contributed by atoms with E-state index in [0.29, 0.717) is 11.8 Å². The van der Waals surface area contributed by atoms with Crippen molar-refractivity contribution in [3.63, 3.8) is 0 Å². The Hall–Kier alpha value is -1.57. The molecule has 1 aliphatic rings. The minimum absolute atomic E-state index is 0.497. The van der Waals surface area contributed by atoms with Gasteiger partial charge in [-0.2, -0.15) is 0 Å². The van der Waals surface area contributed by atoms with Gasteiger partial charge in [-0.05, 0) is 30.7 Å². The Morgan fingerprint density at radius 1 is 0.476 bits per heavy atom. The third-order valence-corrected chi connectivity index (χ3v) is 9.52. The van der Waals surface area contributed by atoms with Crippen LogP contribution in [-0.2, 0) is 6.42 Å². The second-order valence-corrected chi connectivity index (χ2v) is 13.3. The summed E-state index contributed by atoms with van der Waals surface area (Å²) in [7, 11) is 0. The zero-order valence-electron chi connectivity index (χ0n) is 28.2. The fourth-order valence-electron chi connectivity index (χ4n) is 6.83. The van der Waals surface area contributed by atoms with Crippen LogP contribution in [0.3, 0.4) is 0 Å². The second kappa shape index (κ2) is 27.0. The number of hydrogen-bond donors (Lipinski definition) is 0. The van der Waals surface area contributed by atoms with Gasteiger partial charge in [-0.25, -0.2) is 0 Å². The highest BCUT2D eigenvalue weighted by Gasteiger charge is 2.35. The molecule has 0 spiro atoms. The van der Waals surface area contributed by atoms with Crippen molar-refractivity contribution in [2.24, 2.45) is 21.8 Å². The molecule has 1 aromatic rings. The molecule has 2 nitrogen and oxygen atoms in total. The van der Waals surface area contributed by atoms with Crippen molar-refractivity contribution >= 4 is 12.4 Å². The van der Waals surface area contributed by atoms with Crippen LogP contribution in [0.1, 0.15) is 186 Å². The molecule has 0 saturated carbocycles. The summed E-state index contributed by atoms with van der Waals surface area (Å²) in [6, 6.07) is 11.2. The first-order chi connectivity index (χ1) is 20.8. The number of unbranched alkanes of at least 4 members (excludes halogenated alkanes) is 22. The molecule has 0 bridgehead atoms. The number of aliphatic imine (C=N–C) groups is 2. The molecule has 1 aromatic carbocycles. The van der Waals surface area contributed by atoms with Crippen molar-refractivity contribution in [1.29, 1.82) is 0 Å². The van der Waals surface area contributed by atoms with Crippen molar-refractivity contribution in [3.8, 4) is 0 Å². The van der Waals surface area contributed by atoms with Crippen molar-refractivity contribution in [2.45, 2.75) is 187 Å². The van der Waals surface area contributed by atoms with Crippen molar-refractivity contribution in [3.05, 3.63) is 42.1 Å². The maximum atomic E-state index is 4.75. The van der Waals surface area contributed by atoms with E-state index in [0.717, 1.165) is 12.6 Å². The fourth-order valence-corrected chi connectivity index (χ4v) is 6.83. The van der Waals surface area contributed by atoms with E-state index in [1.807, 2.05) is 12.4 Å². The maximum absolute atomic E-state index is 4.75. The molecule has 0 saturated heterocycles. The lowest BCUT2D eigenvalue weighted by Gasteiger charge is -2.26. The molecule has 2 rings (SSSR count). The number of benzene rings is 1. The molecule has 2 unspecified atom stereocenters. The fraction of sp³-hybridized carbons (Fsp3) is 0.775. The summed E-state index contributed by atoms with van der Waals surface area (Å²) in [6.45, 7) is 4.61. The predicted molar refractivity (Wildman–Crippen MR) is 189 cm³/mol. The Morgan fingerprint density at radius 3 is 1.29 bits per heavy atom. The summed E-state index contributed by atoms with van der Waals surface area (Å²) in [5.41, 5.74) is 1.48. The van der Waals surface area contributed by atoms with Gasteiger partial charge in [-0.1, -0.05) is 208 Å². The Balaban J connectivity index is 1.65. The van der Waals surface area contributed by atoms with Crippen LogP contribution in [0.2, 0.25) is 0 Å². The minimum Gasteiger partial charge on any atom is -0.0965 e. The van der Waals surface area contributed by atoms with E-state index < -0.39 is 0 Å². The molecular formula is C40H69N2+. The lowest BCUT2D eigenvalue weighted by molar-refractivity contribution is 0.284. The Labute approximate surface area is 263 Å². The summed E-state index contributed by atoms with van der Waals surface area (Å²) >= 11 is 0. The summed E-state index contributed by atoms with van der Waals surface area (Å²) in [6.07, 6.45) is 42.6. The Kier molecular flexibility index (Phi) is 23.6. The van der Waals surface area contributed by atoms with E-state index in [1.165, 1.54) is 173 Å². The highest BCUT2D eigenvalue weighted by atomic mass is 15.0. The first-order valence-corrected chi connectivity index (χ1v) is 18.8. The molecule has 2 atom stereocenters. The van der Waals surface area contributed by atoms with Crippen LogP contribution in [0, 0.1) is 18.0 Å². The summed E-state index contributed by atoms with van der Waals surface area (Å²) in [4.78, 5) is 9.49. The molecule has 0 N–H and O–H groups in total. The van der Waals surface area contributed by atoms with Gasteiger partial charge in [0, 0.05) is 0 Å². The lowest BCUT2D eigenvalue weighted by atomic mass is 9.78. The highest BCUT2D eigenvalue weighted by Crippen LogP contribution is 2.37. The highest BCUT2D eigenvalue weighted by molar-refractivity contribution is 6.18. The average Bonchev–Trinajstić information content (AvgIpc) is 3.55. The van der Waals surface area contributed by atoms with Crippen LogP contribution in [0.25, 0.3) is 0 Å². The van der Waals surface area contributed by atoms with Crippen molar-refractivity contribution in [1.82, 2.24) is 0 Å². The van der Waals surface area contributed by atoms with Gasteiger partial charge in [0.05, 0.1) is 5.92 Å². The van der Waals surface area contributed by atoms with Crippen molar-refractivity contribution < 1.29 is 0 Å². The van der Waals surface area contributed by atoms with E-state index in [-0.39, 0.29) is 0 Å². The molecule has 0 amide bonds. The monoisotopic (exact) mass is 578 g/mol. The molecule has 42 heavy (non-hydrogen) atoms. The molecule has 0 aromatic heterocycles. The van der Waals surface area contributed by atoms with Crippen LogP contribution in [-0.4, -0.2) is 12.4 Å². The van der Waals surface area contributed by atoms with Gasteiger partial charge < -0.3 is 0 Å². The second-order valence-electron chi connectivity index (χ2n) is 13.3. The SMILES string of the molecule is CCCCCCCCCCCCCCCCCCC([C+]1N=CC=N1)C(CCCCCCCCCC)Cc1ccccc1. The van der Waals surface area contributed by atoms with Gasteiger partial charge in [0.1, 0.15) is 0 Å². The largest absolute Gasteiger partial charge is 0.244 e. The van der Waals surface area contributed by atoms with Gasteiger partial charge in [0.15, 0.2) is 12.4 Å². The first-order valence-electron chi connectivity index (χ1n) is 18.8. The standard InChI is InChI=1S/C40H69N2/c1-3-5-7-9-11-13-14-15-16-17-18-19-20-22-24-29-33-39(40-41-34-35-42-40)38(36-37-30-26-25-27-31-37)32-28-23-21-12-10-8-6-4-2/h25-27,30-31,34-35,38-39H,3-24,28-29,32-33,36H2,1-2H3/q+1. The van der Waals surface area contributed by atoms with Crippen LogP contribution in [0.4, 0.5) is 0 Å². The van der Waals surface area contributed by atoms with Crippen LogP contribution < -0.4 is 0 Å². The van der Waals surface area contributed by atoms with Gasteiger partial charge in [-0.15, -0.1) is 0 Å². The molecule has 0 aliphatic carbocycles. The van der Waals surface area contributed by atoms with Crippen LogP contribution in [0.5, 0.6) is 0 Å². The van der Waals surface area contributed by atoms with Gasteiger partial charge in [-0.3, -0.25) is 0 Å². The molecule has 2 heteroatoms. The maximum Gasteiger partial charge on any atom is 0.244 e. The van der Waals surface area contributed by atoms with Crippen LogP contribution in [0.15, 0.2) is 40.3 Å². The number of rotatable bonds is 30. The molecular weight excluding hydrogens is 508 g/mol. The lowest BCUT2D eigenvalue weighted by Crippen LogP contribution is -2.22. The summed E-state index contributed by atoms with van der Waals surface area (Å²) in [5, 5.41) is 0. The molecule has 0 radical (unpaired) electrons. The first kappa shape index (κ1) is 36.6. The average molecular weight is 578 g/mol.